The molecule has 0 amide bonds. The van der Waals surface area contributed by atoms with Crippen LogP contribution in [0.5, 0.6) is 0 Å². The maximum Gasteiger partial charge on any atom is 0.252 e. The van der Waals surface area contributed by atoms with Gasteiger partial charge in [0, 0.05) is 61.6 Å². The average molecular weight is 968 g/mol. The van der Waals surface area contributed by atoms with Gasteiger partial charge in [0.25, 0.3) is 6.71 Å². The molecule has 2 unspecified atom stereocenters. The predicted octanol–water partition coefficient (Wildman–Crippen LogP) is 17.3. The number of fused-ring (bicyclic) bond motifs is 10. The monoisotopic (exact) mass is 968 g/mol. The van der Waals surface area contributed by atoms with Crippen molar-refractivity contribution in [2.24, 2.45) is 0 Å². The molecule has 0 bridgehead atoms. The fraction of sp³-hybridized carbons (Fsp3) is 0.304. The van der Waals surface area contributed by atoms with Crippen LogP contribution in [0.15, 0.2) is 162 Å². The molecule has 3 aliphatic heterocycles. The molecule has 2 atom stereocenters. The smallest absolute Gasteiger partial charge is 0.252 e. The minimum Gasteiger partial charge on any atom is -0.456 e. The molecule has 74 heavy (non-hydrogen) atoms. The van der Waals surface area contributed by atoms with Crippen molar-refractivity contribution in [2.45, 2.75) is 136 Å². The van der Waals surface area contributed by atoms with Gasteiger partial charge in [-0.15, -0.1) is 0 Å². The van der Waals surface area contributed by atoms with E-state index in [0.29, 0.717) is 0 Å². The van der Waals surface area contributed by atoms with Crippen LogP contribution in [-0.2, 0) is 21.7 Å². The topological polar surface area (TPSA) is 22.9 Å². The maximum absolute atomic E-state index is 6.52. The summed E-state index contributed by atoms with van der Waals surface area (Å²) in [5.41, 5.74) is 24.7. The van der Waals surface area contributed by atoms with E-state index >= 15 is 0 Å². The van der Waals surface area contributed by atoms with Gasteiger partial charge in [0.15, 0.2) is 0 Å². The van der Waals surface area contributed by atoms with E-state index in [4.69, 9.17) is 4.42 Å². The van der Waals surface area contributed by atoms with Gasteiger partial charge in [0.1, 0.15) is 11.2 Å². The van der Waals surface area contributed by atoms with Gasteiger partial charge in [-0.25, -0.2) is 0 Å². The van der Waals surface area contributed by atoms with Crippen LogP contribution in [0.4, 0.5) is 45.5 Å². The van der Waals surface area contributed by atoms with E-state index in [2.05, 4.69) is 256 Å². The maximum atomic E-state index is 6.52. The van der Waals surface area contributed by atoms with Crippen molar-refractivity contribution >= 4 is 90.5 Å². The molecule has 1 aliphatic carbocycles. The van der Waals surface area contributed by atoms with Crippen LogP contribution < -0.4 is 31.1 Å². The van der Waals surface area contributed by atoms with Crippen LogP contribution in [0.3, 0.4) is 0 Å². The minimum absolute atomic E-state index is 0.00361. The van der Waals surface area contributed by atoms with Crippen molar-refractivity contribution in [2.75, 3.05) is 14.7 Å². The third-order valence-corrected chi connectivity index (χ3v) is 18.1. The third-order valence-electron chi connectivity index (χ3n) is 18.1. The molecule has 0 saturated heterocycles. The van der Waals surface area contributed by atoms with Crippen LogP contribution in [0.25, 0.3) is 33.1 Å². The van der Waals surface area contributed by atoms with Gasteiger partial charge >= 0.3 is 0 Å². The molecule has 1 aromatic heterocycles. The second kappa shape index (κ2) is 16.0. The fourth-order valence-electron chi connectivity index (χ4n) is 13.8. The fourth-order valence-corrected chi connectivity index (χ4v) is 13.8. The number of rotatable bonds is 4. The van der Waals surface area contributed by atoms with Crippen LogP contribution in [0, 0.1) is 6.92 Å². The summed E-state index contributed by atoms with van der Waals surface area (Å²) in [4.78, 5) is 8.01. The third kappa shape index (κ3) is 6.87. The van der Waals surface area contributed by atoms with Crippen molar-refractivity contribution in [3.63, 3.8) is 0 Å². The van der Waals surface area contributed by atoms with Crippen LogP contribution in [0.2, 0.25) is 0 Å². The first-order valence-electron chi connectivity index (χ1n) is 27.3. The van der Waals surface area contributed by atoms with Crippen molar-refractivity contribution in [1.29, 1.82) is 0 Å². The average Bonchev–Trinajstić information content (AvgIpc) is 3.87. The van der Waals surface area contributed by atoms with E-state index in [1.54, 1.807) is 0 Å². The zero-order valence-electron chi connectivity index (χ0n) is 45.7. The number of benzene rings is 8. The Hall–Kier alpha value is -6.98. The predicted molar refractivity (Wildman–Crippen MR) is 317 cm³/mol. The normalized spacial score (nSPS) is 19.1. The Morgan fingerprint density at radius 2 is 1.05 bits per heavy atom. The Bertz CT molecular complexity index is 3770. The summed E-state index contributed by atoms with van der Waals surface area (Å²) in [5.74, 6) is 0. The van der Waals surface area contributed by atoms with E-state index in [-0.39, 0.29) is 33.9 Å². The molecular formula is C69H70BN3O. The number of aryl methyl sites for hydroxylation is 1. The molecule has 0 radical (unpaired) electrons. The highest BCUT2D eigenvalue weighted by Gasteiger charge is 2.58. The molecule has 1 saturated carbocycles. The van der Waals surface area contributed by atoms with Crippen molar-refractivity contribution in [1.82, 2.24) is 0 Å². The van der Waals surface area contributed by atoms with Crippen LogP contribution in [0.1, 0.15) is 130 Å². The molecule has 9 aromatic rings. The summed E-state index contributed by atoms with van der Waals surface area (Å²) in [5, 5.41) is 2.26. The lowest BCUT2D eigenvalue weighted by Gasteiger charge is -2.50. The molecule has 4 nitrogen and oxygen atoms in total. The van der Waals surface area contributed by atoms with E-state index in [1.165, 1.54) is 114 Å². The quantitative estimate of drug-likeness (QED) is 0.164. The summed E-state index contributed by atoms with van der Waals surface area (Å²) < 4.78 is 6.52. The van der Waals surface area contributed by atoms with Crippen LogP contribution >= 0.6 is 0 Å². The summed E-state index contributed by atoms with van der Waals surface area (Å²) >= 11 is 0. The van der Waals surface area contributed by atoms with Crippen LogP contribution in [-0.4, -0.2) is 12.3 Å². The first kappa shape index (κ1) is 46.8. The van der Waals surface area contributed by atoms with E-state index in [0.717, 1.165) is 34.0 Å². The molecule has 4 heterocycles. The van der Waals surface area contributed by atoms with E-state index < -0.39 is 0 Å². The Kier molecular flexibility index (Phi) is 10.1. The lowest BCUT2D eigenvalue weighted by molar-refractivity contribution is 0.195. The first-order chi connectivity index (χ1) is 35.2. The molecular weight excluding hydrogens is 898 g/mol. The van der Waals surface area contributed by atoms with Crippen molar-refractivity contribution in [3.8, 4) is 11.1 Å². The highest BCUT2D eigenvalue weighted by molar-refractivity contribution is 7.00. The standard InChI is InChI=1S/C69H70BN3O/c1-43-36-60-64-61(37-43)72(56-31-25-45(65(2,3)4)38-51(56)44-20-14-13-15-21-44)58-40-47(67(8,9)10)24-29-54(58)70(64)55-30-27-49(42-59(55)71(60)48-28-33-63-52(41-48)50-22-16-17-23-62(50)74-63)73-57-32-26-46(66(5,6)7)39-53(57)68(11)34-18-19-35-69(68,73)12/h13-17,20-33,36-42H,18-19,34-35H2,1-12H3. The number of para-hydroxylation sites is 1. The highest BCUT2D eigenvalue weighted by atomic mass is 16.3. The van der Waals surface area contributed by atoms with Gasteiger partial charge in [0.2, 0.25) is 0 Å². The number of hydrogen-bond donors (Lipinski definition) is 0. The lowest BCUT2D eigenvalue weighted by atomic mass is 9.33. The summed E-state index contributed by atoms with van der Waals surface area (Å²) in [6.45, 7) is 28.5. The van der Waals surface area contributed by atoms with Gasteiger partial charge in [0.05, 0.1) is 11.2 Å². The first-order valence-corrected chi connectivity index (χ1v) is 27.3. The molecule has 13 rings (SSSR count). The summed E-state index contributed by atoms with van der Waals surface area (Å²) in [7, 11) is 0. The largest absolute Gasteiger partial charge is 0.456 e. The summed E-state index contributed by atoms with van der Waals surface area (Å²) in [6.07, 6.45) is 4.81. The number of anilines is 8. The van der Waals surface area contributed by atoms with Gasteiger partial charge in [-0.2, -0.15) is 0 Å². The molecule has 1 fully saturated rings. The second-order valence-electron chi connectivity index (χ2n) is 25.8. The SMILES string of the molecule is Cc1cc2c3c(c1)N(c1ccc(C(C)(C)C)cc1-c1ccccc1)c1cc(C(C)(C)C)ccc1B3c1ccc(N3c4ccc(C(C)(C)C)cc4C4(C)CCCCC34C)cc1N2c1ccc2oc3ccccc3c2c1. The molecule has 370 valence electrons. The Labute approximate surface area is 440 Å². The van der Waals surface area contributed by atoms with Crippen molar-refractivity contribution < 1.29 is 4.42 Å². The Morgan fingerprint density at radius 1 is 0.473 bits per heavy atom. The van der Waals surface area contributed by atoms with E-state index in [9.17, 15) is 0 Å². The minimum atomic E-state index is -0.103. The molecule has 5 heteroatoms. The molecule has 0 spiro atoms. The van der Waals surface area contributed by atoms with E-state index in [1.807, 2.05) is 0 Å². The zero-order valence-corrected chi connectivity index (χ0v) is 45.7. The molecule has 8 aromatic carbocycles. The Morgan fingerprint density at radius 3 is 1.78 bits per heavy atom. The number of nitrogens with zero attached hydrogens (tertiary/aromatic N) is 3. The van der Waals surface area contributed by atoms with Crippen molar-refractivity contribution in [3.05, 3.63) is 186 Å². The zero-order chi connectivity index (χ0) is 51.4. The molecule has 4 aliphatic rings. The second-order valence-corrected chi connectivity index (χ2v) is 25.8. The van der Waals surface area contributed by atoms with Gasteiger partial charge in [-0.1, -0.05) is 167 Å². The lowest BCUT2D eigenvalue weighted by Crippen LogP contribution is -2.61. The number of furan rings is 1. The Balaban J connectivity index is 1.10. The summed E-state index contributed by atoms with van der Waals surface area (Å²) in [6, 6.07) is 60.9. The number of hydrogen-bond acceptors (Lipinski definition) is 4. The molecule has 0 N–H and O–H groups in total. The van der Waals surface area contributed by atoms with Gasteiger partial charge in [-0.05, 0) is 165 Å². The highest BCUT2D eigenvalue weighted by Crippen LogP contribution is 2.62. The van der Waals surface area contributed by atoms with Gasteiger partial charge < -0.3 is 19.1 Å². The van der Waals surface area contributed by atoms with Gasteiger partial charge in [-0.3, -0.25) is 0 Å².